The molecule has 120 valence electrons. The van der Waals surface area contributed by atoms with Crippen molar-refractivity contribution in [2.45, 2.75) is 30.8 Å². The number of fused-ring (bicyclic) bond motifs is 1. The highest BCUT2D eigenvalue weighted by atomic mass is 35.5. The molecule has 0 bridgehead atoms. The number of ether oxygens (including phenoxy) is 1. The summed E-state index contributed by atoms with van der Waals surface area (Å²) in [5, 5.41) is 2.79. The Morgan fingerprint density at radius 3 is 2.95 bits per heavy atom. The lowest BCUT2D eigenvalue weighted by molar-refractivity contribution is -0.115. The Hall–Kier alpha value is -1.15. The molecule has 0 aromatic heterocycles. The molecule has 3 rings (SSSR count). The van der Waals surface area contributed by atoms with E-state index in [-0.39, 0.29) is 28.4 Å². The number of anilines is 1. The van der Waals surface area contributed by atoms with E-state index < -0.39 is 10.0 Å². The number of halogens is 1. The molecule has 2 heterocycles. The summed E-state index contributed by atoms with van der Waals surface area (Å²) in [6.07, 6.45) is 0.831. The molecule has 22 heavy (non-hydrogen) atoms. The Balaban J connectivity index is 1.96. The number of carbonyl (C=O) groups is 1. The first-order valence-electron chi connectivity index (χ1n) is 7.16. The normalized spacial score (nSPS) is 22.5. The lowest BCUT2D eigenvalue weighted by atomic mass is 10.2. The quantitative estimate of drug-likeness (QED) is 0.904. The summed E-state index contributed by atoms with van der Waals surface area (Å²) in [4.78, 5) is 11.5. The summed E-state index contributed by atoms with van der Waals surface area (Å²) in [5.74, 6) is -0.155. The highest BCUT2D eigenvalue weighted by molar-refractivity contribution is 7.89. The van der Waals surface area contributed by atoms with Gasteiger partial charge in [-0.25, -0.2) is 8.42 Å². The summed E-state index contributed by atoms with van der Waals surface area (Å²) < 4.78 is 32.6. The summed E-state index contributed by atoms with van der Waals surface area (Å²) in [6.45, 7) is 2.97. The summed E-state index contributed by atoms with van der Waals surface area (Å²) in [6, 6.07) is 3.01. The number of hydrogen-bond acceptors (Lipinski definition) is 4. The van der Waals surface area contributed by atoms with Crippen molar-refractivity contribution in [3.05, 3.63) is 22.7 Å². The lowest BCUT2D eigenvalue weighted by Crippen LogP contribution is -2.45. The average Bonchev–Trinajstić information content (AvgIpc) is 2.85. The van der Waals surface area contributed by atoms with E-state index in [1.165, 1.54) is 16.4 Å². The Morgan fingerprint density at radius 2 is 2.23 bits per heavy atom. The van der Waals surface area contributed by atoms with Crippen molar-refractivity contribution >= 4 is 33.2 Å². The molecule has 1 fully saturated rings. The number of carbonyl (C=O) groups excluding carboxylic acids is 1. The van der Waals surface area contributed by atoms with Crippen LogP contribution < -0.4 is 5.32 Å². The minimum atomic E-state index is -3.69. The van der Waals surface area contributed by atoms with E-state index >= 15 is 0 Å². The van der Waals surface area contributed by atoms with Crippen molar-refractivity contribution in [2.24, 2.45) is 0 Å². The first-order chi connectivity index (χ1) is 10.4. The van der Waals surface area contributed by atoms with Gasteiger partial charge in [0.1, 0.15) is 4.90 Å². The van der Waals surface area contributed by atoms with Gasteiger partial charge < -0.3 is 10.1 Å². The van der Waals surface area contributed by atoms with Crippen LogP contribution in [0, 0.1) is 0 Å². The first-order valence-corrected chi connectivity index (χ1v) is 8.97. The van der Waals surface area contributed by atoms with Crippen LogP contribution in [0.25, 0.3) is 0 Å². The predicted octanol–water partition coefficient (Wildman–Crippen LogP) is 1.63. The van der Waals surface area contributed by atoms with Gasteiger partial charge in [0.2, 0.25) is 15.9 Å². The number of nitrogens with one attached hydrogen (secondary N) is 1. The van der Waals surface area contributed by atoms with Crippen LogP contribution in [-0.4, -0.2) is 44.4 Å². The molecule has 1 aromatic carbocycles. The predicted molar refractivity (Wildman–Crippen MR) is 82.6 cm³/mol. The van der Waals surface area contributed by atoms with E-state index in [1.54, 1.807) is 0 Å². The average molecular weight is 345 g/mol. The van der Waals surface area contributed by atoms with Crippen LogP contribution in [0.4, 0.5) is 5.69 Å². The molecule has 1 atom stereocenters. The molecular formula is C14H17ClN2O4S. The zero-order valence-corrected chi connectivity index (χ0v) is 13.7. The second-order valence-electron chi connectivity index (χ2n) is 5.43. The molecule has 0 unspecified atom stereocenters. The van der Waals surface area contributed by atoms with E-state index in [2.05, 4.69) is 5.32 Å². The monoisotopic (exact) mass is 344 g/mol. The highest BCUT2D eigenvalue weighted by Crippen LogP contribution is 2.34. The molecule has 2 aliphatic rings. The second-order valence-corrected chi connectivity index (χ2v) is 7.74. The van der Waals surface area contributed by atoms with Gasteiger partial charge in [-0.2, -0.15) is 4.31 Å². The Bertz CT molecular complexity index is 720. The molecular weight excluding hydrogens is 328 g/mol. The zero-order chi connectivity index (χ0) is 15.9. The molecule has 0 aliphatic carbocycles. The summed E-state index contributed by atoms with van der Waals surface area (Å²) in [5.41, 5.74) is 1.25. The van der Waals surface area contributed by atoms with Gasteiger partial charge in [-0.15, -0.1) is 0 Å². The molecule has 0 radical (unpaired) electrons. The second kappa shape index (κ2) is 5.81. The van der Waals surface area contributed by atoms with Crippen molar-refractivity contribution in [1.82, 2.24) is 4.31 Å². The van der Waals surface area contributed by atoms with Crippen molar-refractivity contribution < 1.29 is 17.9 Å². The fourth-order valence-electron chi connectivity index (χ4n) is 2.72. The topological polar surface area (TPSA) is 75.7 Å². The minimum Gasteiger partial charge on any atom is -0.375 e. The van der Waals surface area contributed by atoms with Gasteiger partial charge in [-0.1, -0.05) is 18.5 Å². The van der Waals surface area contributed by atoms with Crippen LogP contribution in [0.5, 0.6) is 0 Å². The van der Waals surface area contributed by atoms with Crippen molar-refractivity contribution in [3.63, 3.8) is 0 Å². The maximum atomic E-state index is 12.8. The maximum absolute atomic E-state index is 12.8. The molecule has 8 heteroatoms. The van der Waals surface area contributed by atoms with Crippen LogP contribution in [-0.2, 0) is 26.0 Å². The fourth-order valence-corrected chi connectivity index (χ4v) is 4.73. The molecule has 1 aromatic rings. The van der Waals surface area contributed by atoms with Crippen molar-refractivity contribution in [1.29, 1.82) is 0 Å². The van der Waals surface area contributed by atoms with E-state index in [0.29, 0.717) is 30.9 Å². The van der Waals surface area contributed by atoms with Gasteiger partial charge in [-0.3, -0.25) is 4.79 Å². The van der Waals surface area contributed by atoms with E-state index in [9.17, 15) is 13.2 Å². The number of nitrogens with zero attached hydrogens (tertiary/aromatic N) is 1. The molecule has 2 aliphatic heterocycles. The molecule has 6 nitrogen and oxygen atoms in total. The van der Waals surface area contributed by atoms with Crippen LogP contribution in [0.3, 0.4) is 0 Å². The van der Waals surface area contributed by atoms with E-state index in [0.717, 1.165) is 6.42 Å². The number of amides is 1. The largest absolute Gasteiger partial charge is 0.375 e. The van der Waals surface area contributed by atoms with Crippen molar-refractivity contribution in [2.75, 3.05) is 25.0 Å². The molecule has 1 saturated heterocycles. The smallest absolute Gasteiger partial charge is 0.244 e. The third-order valence-electron chi connectivity index (χ3n) is 3.96. The Kier molecular flexibility index (Phi) is 4.15. The van der Waals surface area contributed by atoms with Crippen LogP contribution in [0.2, 0.25) is 5.02 Å². The van der Waals surface area contributed by atoms with Crippen LogP contribution in [0.15, 0.2) is 17.0 Å². The number of sulfonamides is 1. The standard InChI is InChI=1S/C14H17ClN2O4S/c1-2-10-8-17(3-4-21-10)22(19,20)13-5-9-6-14(18)16-12(9)7-11(13)15/h5,7,10H,2-4,6,8H2,1H3,(H,16,18)/t10-/m0/s1. The molecule has 1 amide bonds. The Morgan fingerprint density at radius 1 is 1.45 bits per heavy atom. The van der Waals surface area contributed by atoms with Crippen molar-refractivity contribution in [3.8, 4) is 0 Å². The minimum absolute atomic E-state index is 0.0566. The van der Waals surface area contributed by atoms with Gasteiger partial charge in [0.25, 0.3) is 0 Å². The lowest BCUT2D eigenvalue weighted by Gasteiger charge is -2.31. The Labute approximate surface area is 134 Å². The molecule has 1 N–H and O–H groups in total. The third kappa shape index (κ3) is 2.74. The summed E-state index contributed by atoms with van der Waals surface area (Å²) in [7, 11) is -3.69. The SMILES string of the molecule is CC[C@H]1CN(S(=O)(=O)c2cc3c(cc2Cl)NC(=O)C3)CCO1. The maximum Gasteiger partial charge on any atom is 0.244 e. The van der Waals surface area contributed by atoms with Gasteiger partial charge in [0.15, 0.2) is 0 Å². The number of benzene rings is 1. The van der Waals surface area contributed by atoms with Gasteiger partial charge in [0, 0.05) is 18.8 Å². The number of rotatable bonds is 3. The molecule has 0 spiro atoms. The molecule has 0 saturated carbocycles. The van der Waals surface area contributed by atoms with Crippen LogP contribution >= 0.6 is 11.6 Å². The third-order valence-corrected chi connectivity index (χ3v) is 6.29. The van der Waals surface area contributed by atoms with Crippen LogP contribution in [0.1, 0.15) is 18.9 Å². The number of hydrogen-bond donors (Lipinski definition) is 1. The first kappa shape index (κ1) is 15.7. The fraction of sp³-hybridized carbons (Fsp3) is 0.500. The van der Waals surface area contributed by atoms with Gasteiger partial charge in [0.05, 0.1) is 24.2 Å². The summed E-state index contributed by atoms with van der Waals surface area (Å²) >= 11 is 6.14. The zero-order valence-electron chi connectivity index (χ0n) is 12.1. The van der Waals surface area contributed by atoms with Gasteiger partial charge >= 0.3 is 0 Å². The van der Waals surface area contributed by atoms with Gasteiger partial charge in [-0.05, 0) is 24.1 Å². The van der Waals surface area contributed by atoms with E-state index in [4.69, 9.17) is 16.3 Å². The van der Waals surface area contributed by atoms with E-state index in [1.807, 2.05) is 6.92 Å². The highest BCUT2D eigenvalue weighted by Gasteiger charge is 2.33. The number of morpholine rings is 1.